The zero-order valence-electron chi connectivity index (χ0n) is 16.4. The molecule has 0 saturated carbocycles. The summed E-state index contributed by atoms with van der Waals surface area (Å²) in [5.74, 6) is -2.47. The van der Waals surface area contributed by atoms with Crippen molar-refractivity contribution < 1.29 is 17.6 Å². The number of benzene rings is 3. The second-order valence-electron chi connectivity index (χ2n) is 7.62. The van der Waals surface area contributed by atoms with E-state index in [0.29, 0.717) is 16.4 Å². The van der Waals surface area contributed by atoms with E-state index in [1.54, 1.807) is 16.9 Å². The van der Waals surface area contributed by atoms with Gasteiger partial charge in [0.25, 0.3) is 0 Å². The molecule has 0 saturated heterocycles. The number of H-pyrrole nitrogens is 1. The molecule has 2 aromatic heterocycles. The number of aromatic amines is 1. The second-order valence-corrected chi connectivity index (χ2v) is 7.62. The maximum atomic E-state index is 14.2. The minimum Gasteiger partial charge on any atom is -0.361 e. The molecule has 2 heterocycles. The molecule has 0 spiro atoms. The molecule has 1 unspecified atom stereocenters. The van der Waals surface area contributed by atoms with Gasteiger partial charge in [-0.15, -0.1) is 0 Å². The van der Waals surface area contributed by atoms with Gasteiger partial charge in [-0.3, -0.25) is 0 Å². The van der Waals surface area contributed by atoms with Gasteiger partial charge in [0, 0.05) is 22.5 Å². The number of rotatable bonds is 3. The number of halogens is 4. The molecular formula is C24H17F4N3. The first-order valence-electron chi connectivity index (χ1n) is 9.69. The van der Waals surface area contributed by atoms with Gasteiger partial charge < -0.3 is 4.98 Å². The fraction of sp³-hybridized carbons (Fsp3) is 0.125. The third-order valence-corrected chi connectivity index (χ3v) is 5.52. The van der Waals surface area contributed by atoms with E-state index < -0.39 is 17.9 Å². The number of nitrogens with one attached hydrogen (secondary N) is 1. The van der Waals surface area contributed by atoms with E-state index in [4.69, 9.17) is 0 Å². The standard InChI is InChI=1S/C24H17F4N3/c1-14-2-6-18(7-3-14)31-22-9-4-15(10-16(22)12-30-31)23(24(26,27)28)20-13-29-21-8-5-17(25)11-19(20)21/h2-13,23,29H,1H3. The quantitative estimate of drug-likeness (QED) is 0.324. The summed E-state index contributed by atoms with van der Waals surface area (Å²) in [5.41, 5.74) is 3.16. The Bertz CT molecular complexity index is 1390. The lowest BCUT2D eigenvalue weighted by atomic mass is 9.89. The molecular weight excluding hydrogens is 406 g/mol. The third kappa shape index (κ3) is 3.36. The van der Waals surface area contributed by atoms with Crippen molar-refractivity contribution >= 4 is 21.8 Å². The molecule has 0 aliphatic heterocycles. The number of fused-ring (bicyclic) bond motifs is 2. The van der Waals surface area contributed by atoms with E-state index in [1.165, 1.54) is 30.5 Å². The summed E-state index contributed by atoms with van der Waals surface area (Å²) in [6.07, 6.45) is -1.69. The maximum Gasteiger partial charge on any atom is 0.399 e. The van der Waals surface area contributed by atoms with E-state index in [9.17, 15) is 17.6 Å². The Hall–Kier alpha value is -3.61. The Morgan fingerprint density at radius 2 is 1.74 bits per heavy atom. The van der Waals surface area contributed by atoms with Crippen molar-refractivity contribution in [2.75, 3.05) is 0 Å². The highest BCUT2D eigenvalue weighted by Gasteiger charge is 2.43. The predicted octanol–water partition coefficient (Wildman–Crippen LogP) is 6.65. The zero-order valence-corrected chi connectivity index (χ0v) is 16.4. The van der Waals surface area contributed by atoms with Gasteiger partial charge in [0.15, 0.2) is 0 Å². The summed E-state index contributed by atoms with van der Waals surface area (Å²) in [7, 11) is 0. The molecule has 0 aliphatic carbocycles. The molecule has 3 aromatic carbocycles. The average Bonchev–Trinajstić information content (AvgIpc) is 3.32. The maximum absolute atomic E-state index is 14.2. The number of aryl methyl sites for hydroxylation is 1. The molecule has 3 nitrogen and oxygen atoms in total. The minimum atomic E-state index is -4.55. The second kappa shape index (κ2) is 6.97. The van der Waals surface area contributed by atoms with Crippen LogP contribution in [0.4, 0.5) is 17.6 Å². The van der Waals surface area contributed by atoms with Crippen molar-refractivity contribution in [2.24, 2.45) is 0 Å². The molecule has 5 rings (SSSR count). The number of nitrogens with zero attached hydrogens (tertiary/aromatic N) is 2. The summed E-state index contributed by atoms with van der Waals surface area (Å²) < 4.78 is 58.0. The molecule has 1 N–H and O–H groups in total. The molecule has 1 atom stereocenters. The highest BCUT2D eigenvalue weighted by molar-refractivity contribution is 5.85. The number of hydrogen-bond acceptors (Lipinski definition) is 1. The summed E-state index contributed by atoms with van der Waals surface area (Å²) >= 11 is 0. The van der Waals surface area contributed by atoms with Gasteiger partial charge in [-0.2, -0.15) is 18.3 Å². The largest absolute Gasteiger partial charge is 0.399 e. The summed E-state index contributed by atoms with van der Waals surface area (Å²) in [6, 6.07) is 16.1. The number of hydrogen-bond donors (Lipinski definition) is 1. The van der Waals surface area contributed by atoms with Crippen molar-refractivity contribution in [1.29, 1.82) is 0 Å². The van der Waals surface area contributed by atoms with Gasteiger partial charge in [0.05, 0.1) is 17.4 Å². The van der Waals surface area contributed by atoms with Gasteiger partial charge in [-0.25, -0.2) is 9.07 Å². The van der Waals surface area contributed by atoms with Crippen LogP contribution in [0.5, 0.6) is 0 Å². The van der Waals surface area contributed by atoms with E-state index in [0.717, 1.165) is 17.3 Å². The Kier molecular flexibility index (Phi) is 4.36. The summed E-state index contributed by atoms with van der Waals surface area (Å²) in [5, 5.41) is 5.18. The van der Waals surface area contributed by atoms with E-state index >= 15 is 0 Å². The van der Waals surface area contributed by atoms with Crippen molar-refractivity contribution in [2.45, 2.75) is 19.0 Å². The fourth-order valence-electron chi connectivity index (χ4n) is 4.02. The first kappa shape index (κ1) is 19.4. The van der Waals surface area contributed by atoms with Crippen LogP contribution in [-0.4, -0.2) is 20.9 Å². The van der Waals surface area contributed by atoms with Crippen LogP contribution in [0.2, 0.25) is 0 Å². The molecule has 31 heavy (non-hydrogen) atoms. The molecule has 0 amide bonds. The van der Waals surface area contributed by atoms with Crippen molar-refractivity contribution in [3.8, 4) is 5.69 Å². The van der Waals surface area contributed by atoms with Crippen LogP contribution in [0.25, 0.3) is 27.5 Å². The topological polar surface area (TPSA) is 33.6 Å². The predicted molar refractivity (Wildman–Crippen MR) is 112 cm³/mol. The van der Waals surface area contributed by atoms with Crippen molar-refractivity contribution in [3.63, 3.8) is 0 Å². The van der Waals surface area contributed by atoms with Gasteiger partial charge in [0.2, 0.25) is 0 Å². The first-order chi connectivity index (χ1) is 14.8. The smallest absolute Gasteiger partial charge is 0.361 e. The SMILES string of the molecule is Cc1ccc(-n2ncc3cc(C(c4c[nH]c5ccc(F)cc45)C(F)(F)F)ccc32)cc1. The zero-order chi connectivity index (χ0) is 21.8. The van der Waals surface area contributed by atoms with Crippen LogP contribution in [0, 0.1) is 12.7 Å². The molecule has 156 valence electrons. The highest BCUT2D eigenvalue weighted by atomic mass is 19.4. The monoisotopic (exact) mass is 423 g/mol. The lowest BCUT2D eigenvalue weighted by molar-refractivity contribution is -0.140. The Labute approximate surface area is 174 Å². The van der Waals surface area contributed by atoms with Crippen LogP contribution in [0.3, 0.4) is 0 Å². The highest BCUT2D eigenvalue weighted by Crippen LogP contribution is 2.43. The Morgan fingerprint density at radius 3 is 2.48 bits per heavy atom. The van der Waals surface area contributed by atoms with E-state index in [2.05, 4.69) is 10.1 Å². The number of alkyl halides is 3. The first-order valence-corrected chi connectivity index (χ1v) is 9.69. The van der Waals surface area contributed by atoms with Crippen LogP contribution < -0.4 is 0 Å². The van der Waals surface area contributed by atoms with E-state index in [-0.39, 0.29) is 16.5 Å². The van der Waals surface area contributed by atoms with Gasteiger partial charge in [0.1, 0.15) is 11.7 Å². The lowest BCUT2D eigenvalue weighted by Gasteiger charge is -2.21. The van der Waals surface area contributed by atoms with Crippen LogP contribution in [0.1, 0.15) is 22.6 Å². The number of aromatic nitrogens is 3. The third-order valence-electron chi connectivity index (χ3n) is 5.52. The Morgan fingerprint density at radius 1 is 0.968 bits per heavy atom. The summed E-state index contributed by atoms with van der Waals surface area (Å²) in [4.78, 5) is 2.82. The molecule has 5 aromatic rings. The van der Waals surface area contributed by atoms with Gasteiger partial charge >= 0.3 is 6.18 Å². The van der Waals surface area contributed by atoms with Crippen LogP contribution in [0.15, 0.2) is 73.1 Å². The molecule has 7 heteroatoms. The van der Waals surface area contributed by atoms with Gasteiger partial charge in [-0.05, 0) is 60.5 Å². The lowest BCUT2D eigenvalue weighted by Crippen LogP contribution is -2.21. The van der Waals surface area contributed by atoms with Gasteiger partial charge in [-0.1, -0.05) is 23.8 Å². The normalized spacial score (nSPS) is 13.2. The molecule has 0 fully saturated rings. The minimum absolute atomic E-state index is 0.00715. The summed E-state index contributed by atoms with van der Waals surface area (Å²) in [6.45, 7) is 1.98. The average molecular weight is 423 g/mol. The van der Waals surface area contributed by atoms with Crippen molar-refractivity contribution in [1.82, 2.24) is 14.8 Å². The molecule has 0 radical (unpaired) electrons. The van der Waals surface area contributed by atoms with E-state index in [1.807, 2.05) is 31.2 Å². The Balaban J connectivity index is 1.64. The van der Waals surface area contributed by atoms with Crippen LogP contribution in [-0.2, 0) is 0 Å². The molecule has 0 aliphatic rings. The molecule has 0 bridgehead atoms. The van der Waals surface area contributed by atoms with Crippen molar-refractivity contribution in [3.05, 3.63) is 95.6 Å². The fourth-order valence-corrected chi connectivity index (χ4v) is 4.02. The van der Waals surface area contributed by atoms with Crippen LogP contribution >= 0.6 is 0 Å².